The number of H-pyrrole nitrogens is 1. The lowest BCUT2D eigenvalue weighted by molar-refractivity contribution is 0.198. The molecule has 30 heavy (non-hydrogen) atoms. The average Bonchev–Trinajstić information content (AvgIpc) is 3.08. The minimum Gasteiger partial charge on any atom is -0.450 e. The first kappa shape index (κ1) is 21.5. The number of aromatic nitrogens is 2. The molecule has 3 aromatic rings. The van der Waals surface area contributed by atoms with Gasteiger partial charge in [-0.3, -0.25) is 0 Å². The van der Waals surface area contributed by atoms with Crippen LogP contribution >= 0.6 is 0 Å². The van der Waals surface area contributed by atoms with Gasteiger partial charge in [-0.2, -0.15) is 0 Å². The van der Waals surface area contributed by atoms with Gasteiger partial charge in [0, 0.05) is 43.9 Å². The summed E-state index contributed by atoms with van der Waals surface area (Å²) < 4.78 is 39.7. The van der Waals surface area contributed by atoms with Gasteiger partial charge in [-0.05, 0) is 24.0 Å². The molecule has 7 nitrogen and oxygen atoms in total. The van der Waals surface area contributed by atoms with Crippen molar-refractivity contribution < 1.29 is 23.0 Å². The first-order valence-electron chi connectivity index (χ1n) is 9.54. The number of pyridine rings is 1. The molecule has 2 amide bonds. The first-order chi connectivity index (χ1) is 14.4. The zero-order chi connectivity index (χ0) is 21.7. The van der Waals surface area contributed by atoms with Crippen LogP contribution in [0, 0.1) is 17.6 Å². The van der Waals surface area contributed by atoms with Gasteiger partial charge in [0.1, 0.15) is 11.4 Å². The Hall–Kier alpha value is -3.20. The summed E-state index contributed by atoms with van der Waals surface area (Å²) in [5.74, 6) is -1.75. The predicted octanol–water partition coefficient (Wildman–Crippen LogP) is 4.60. The fraction of sp³-hybridized carbons (Fsp3) is 0.333. The second-order valence-electron chi connectivity index (χ2n) is 7.19. The van der Waals surface area contributed by atoms with Gasteiger partial charge in [0.05, 0.1) is 12.0 Å². The number of nitrogens with zero attached hydrogens (tertiary/aromatic N) is 1. The number of methoxy groups -OCH3 is 1. The fourth-order valence-corrected chi connectivity index (χ4v) is 3.06. The number of aromatic amines is 1. The van der Waals surface area contributed by atoms with Crippen LogP contribution in [0.5, 0.6) is 11.5 Å². The highest BCUT2D eigenvalue weighted by molar-refractivity contribution is 5.89. The molecule has 0 atom stereocenters. The molecule has 160 valence electrons. The molecule has 2 heterocycles. The molecule has 0 aliphatic heterocycles. The van der Waals surface area contributed by atoms with Gasteiger partial charge >= 0.3 is 6.03 Å². The summed E-state index contributed by atoms with van der Waals surface area (Å²) in [6, 6.07) is 2.97. The minimum atomic E-state index is -0.937. The number of hydrogen-bond donors (Lipinski definition) is 3. The van der Waals surface area contributed by atoms with Crippen molar-refractivity contribution in [3.63, 3.8) is 0 Å². The Kier molecular flexibility index (Phi) is 6.83. The molecule has 0 bridgehead atoms. The van der Waals surface area contributed by atoms with E-state index in [4.69, 9.17) is 9.47 Å². The molecule has 0 unspecified atom stereocenters. The Balaban J connectivity index is 1.84. The maximum atomic E-state index is 14.6. The zero-order valence-electron chi connectivity index (χ0n) is 17.0. The number of urea groups is 1. The third-order valence-corrected chi connectivity index (χ3v) is 4.31. The topological polar surface area (TPSA) is 88.3 Å². The van der Waals surface area contributed by atoms with Crippen LogP contribution in [0.1, 0.15) is 19.4 Å². The summed E-state index contributed by atoms with van der Waals surface area (Å²) in [4.78, 5) is 19.1. The number of fused-ring (bicyclic) bond motifs is 1. The molecule has 2 aromatic heterocycles. The quantitative estimate of drug-likeness (QED) is 0.467. The van der Waals surface area contributed by atoms with Crippen LogP contribution in [0.25, 0.3) is 11.0 Å². The average molecular weight is 418 g/mol. The van der Waals surface area contributed by atoms with Gasteiger partial charge in [-0.1, -0.05) is 13.8 Å². The molecular formula is C21H24F2N4O3. The Morgan fingerprint density at radius 3 is 2.67 bits per heavy atom. The lowest BCUT2D eigenvalue weighted by Crippen LogP contribution is -2.31. The van der Waals surface area contributed by atoms with Crippen molar-refractivity contribution in [2.24, 2.45) is 5.92 Å². The zero-order valence-corrected chi connectivity index (χ0v) is 17.0. The van der Waals surface area contributed by atoms with Crippen LogP contribution in [0.3, 0.4) is 0 Å². The molecule has 0 fully saturated rings. The van der Waals surface area contributed by atoms with Crippen molar-refractivity contribution in [1.82, 2.24) is 15.3 Å². The van der Waals surface area contributed by atoms with Crippen LogP contribution < -0.4 is 15.4 Å². The predicted molar refractivity (Wildman–Crippen MR) is 110 cm³/mol. The van der Waals surface area contributed by atoms with Crippen molar-refractivity contribution in [3.8, 4) is 11.5 Å². The summed E-state index contributed by atoms with van der Waals surface area (Å²) in [6.07, 6.45) is 4.09. The number of hydrogen-bond acceptors (Lipinski definition) is 4. The van der Waals surface area contributed by atoms with E-state index in [0.717, 1.165) is 24.1 Å². The maximum Gasteiger partial charge on any atom is 0.319 e. The molecular weight excluding hydrogens is 394 g/mol. The van der Waals surface area contributed by atoms with Crippen molar-refractivity contribution in [2.75, 3.05) is 25.6 Å². The summed E-state index contributed by atoms with van der Waals surface area (Å²) in [7, 11) is 1.50. The largest absolute Gasteiger partial charge is 0.450 e. The van der Waals surface area contributed by atoms with E-state index >= 15 is 0 Å². The van der Waals surface area contributed by atoms with Crippen LogP contribution in [-0.2, 0) is 11.2 Å². The van der Waals surface area contributed by atoms with E-state index in [9.17, 15) is 13.6 Å². The highest BCUT2D eigenvalue weighted by Crippen LogP contribution is 2.35. The standard InChI is InChI=1S/C21H24F2N4O3/c1-12(2)8-13-11-26-20-18(13)17(4-5-24-20)30-19-15(22)9-14(10-16(19)23)27-21(28)25-6-7-29-3/h4-5,9-12H,6-8H2,1-3H3,(H,24,26)(H2,25,27,28). The number of halogens is 2. The van der Waals surface area contributed by atoms with Crippen molar-refractivity contribution >= 4 is 22.8 Å². The van der Waals surface area contributed by atoms with Crippen molar-refractivity contribution in [3.05, 3.63) is 47.8 Å². The number of anilines is 1. The lowest BCUT2D eigenvalue weighted by Gasteiger charge is -2.13. The van der Waals surface area contributed by atoms with Crippen LogP contribution in [0.2, 0.25) is 0 Å². The SMILES string of the molecule is COCCNC(=O)Nc1cc(F)c(Oc2ccnc3[nH]cc(CC(C)C)c23)c(F)c1. The summed E-state index contributed by atoms with van der Waals surface area (Å²) in [5.41, 5.74) is 1.50. The molecule has 0 aliphatic rings. The van der Waals surface area contributed by atoms with Gasteiger partial charge in [-0.15, -0.1) is 0 Å². The molecule has 1 aromatic carbocycles. The summed E-state index contributed by atoms with van der Waals surface area (Å²) in [5, 5.41) is 5.56. The Morgan fingerprint density at radius 2 is 2.00 bits per heavy atom. The number of rotatable bonds is 8. The normalized spacial score (nSPS) is 11.1. The van der Waals surface area contributed by atoms with Gasteiger partial charge in [0.2, 0.25) is 0 Å². The molecule has 0 saturated heterocycles. The molecule has 3 N–H and O–H groups in total. The van der Waals surface area contributed by atoms with E-state index in [1.54, 1.807) is 6.07 Å². The number of ether oxygens (including phenoxy) is 2. The lowest BCUT2D eigenvalue weighted by atomic mass is 10.0. The number of nitrogens with one attached hydrogen (secondary N) is 3. The van der Waals surface area contributed by atoms with Crippen molar-refractivity contribution in [1.29, 1.82) is 0 Å². The summed E-state index contributed by atoms with van der Waals surface area (Å²) >= 11 is 0. The van der Waals surface area contributed by atoms with Crippen LogP contribution in [-0.4, -0.2) is 36.3 Å². The number of amides is 2. The molecule has 3 rings (SSSR count). The van der Waals surface area contributed by atoms with E-state index in [1.807, 2.05) is 6.20 Å². The molecule has 0 spiro atoms. The van der Waals surface area contributed by atoms with E-state index in [1.165, 1.54) is 13.3 Å². The van der Waals surface area contributed by atoms with E-state index in [2.05, 4.69) is 34.4 Å². The Labute approximate surface area is 172 Å². The van der Waals surface area contributed by atoms with E-state index in [-0.39, 0.29) is 12.2 Å². The van der Waals surface area contributed by atoms with Gasteiger partial charge in [0.15, 0.2) is 17.4 Å². The van der Waals surface area contributed by atoms with E-state index in [0.29, 0.717) is 29.3 Å². The second kappa shape index (κ2) is 9.53. The monoisotopic (exact) mass is 418 g/mol. The van der Waals surface area contributed by atoms with Gasteiger partial charge in [-0.25, -0.2) is 18.6 Å². The Bertz CT molecular complexity index is 1010. The second-order valence-corrected chi connectivity index (χ2v) is 7.19. The Morgan fingerprint density at radius 1 is 1.27 bits per heavy atom. The maximum absolute atomic E-state index is 14.6. The fourth-order valence-electron chi connectivity index (χ4n) is 3.06. The van der Waals surface area contributed by atoms with Crippen molar-refractivity contribution in [2.45, 2.75) is 20.3 Å². The highest BCUT2D eigenvalue weighted by Gasteiger charge is 2.18. The molecule has 0 saturated carbocycles. The molecule has 0 radical (unpaired) electrons. The van der Waals surface area contributed by atoms with Crippen LogP contribution in [0.15, 0.2) is 30.6 Å². The van der Waals surface area contributed by atoms with E-state index < -0.39 is 23.4 Å². The number of carbonyl (C=O) groups is 1. The first-order valence-corrected chi connectivity index (χ1v) is 9.54. The number of benzene rings is 1. The summed E-state index contributed by atoms with van der Waals surface area (Å²) in [6.45, 7) is 4.74. The molecule has 9 heteroatoms. The third-order valence-electron chi connectivity index (χ3n) is 4.31. The van der Waals surface area contributed by atoms with Gasteiger partial charge < -0.3 is 25.1 Å². The smallest absolute Gasteiger partial charge is 0.319 e. The van der Waals surface area contributed by atoms with Gasteiger partial charge in [0.25, 0.3) is 0 Å². The minimum absolute atomic E-state index is 0.0331. The number of carbonyl (C=O) groups excluding carboxylic acids is 1. The highest BCUT2D eigenvalue weighted by atomic mass is 19.1. The molecule has 0 aliphatic carbocycles. The third kappa shape index (κ3) is 5.04. The van der Waals surface area contributed by atoms with Crippen LogP contribution in [0.4, 0.5) is 19.3 Å².